The standard InChI is InChI=1S/C20H19FN4O3S/c21-15-8-4-5-9-17(15)28-12-18-25-16(13-29-18)19(26)22-10-11-23-20(27)24-14-6-2-1-3-7-14/h1-9,13H,10-12H2,(H,22,26)(H2,23,24,27). The summed E-state index contributed by atoms with van der Waals surface area (Å²) in [6.07, 6.45) is 0. The van der Waals surface area contributed by atoms with E-state index in [1.807, 2.05) is 18.2 Å². The first kappa shape index (κ1) is 20.3. The van der Waals surface area contributed by atoms with E-state index in [0.29, 0.717) is 10.7 Å². The number of amides is 3. The monoisotopic (exact) mass is 414 g/mol. The van der Waals surface area contributed by atoms with E-state index >= 15 is 0 Å². The molecule has 0 atom stereocenters. The van der Waals surface area contributed by atoms with Gasteiger partial charge < -0.3 is 20.7 Å². The van der Waals surface area contributed by atoms with Gasteiger partial charge in [-0.2, -0.15) is 0 Å². The van der Waals surface area contributed by atoms with Crippen LogP contribution in [0.4, 0.5) is 14.9 Å². The zero-order chi connectivity index (χ0) is 20.5. The largest absolute Gasteiger partial charge is 0.483 e. The highest BCUT2D eigenvalue weighted by Crippen LogP contribution is 2.18. The SMILES string of the molecule is O=C(NCCNC(=O)c1csc(COc2ccccc2F)n1)Nc1ccccc1. The Balaban J connectivity index is 1.37. The second kappa shape index (κ2) is 10.2. The van der Waals surface area contributed by atoms with Gasteiger partial charge in [0.05, 0.1) is 0 Å². The van der Waals surface area contributed by atoms with Gasteiger partial charge in [-0.1, -0.05) is 30.3 Å². The van der Waals surface area contributed by atoms with Gasteiger partial charge in [-0.25, -0.2) is 14.2 Å². The number of halogens is 1. The van der Waals surface area contributed by atoms with Crippen molar-refractivity contribution < 1.29 is 18.7 Å². The molecule has 3 amide bonds. The number of rotatable bonds is 8. The first-order valence-corrected chi connectivity index (χ1v) is 9.69. The molecular weight excluding hydrogens is 395 g/mol. The molecule has 0 saturated carbocycles. The molecule has 3 N–H and O–H groups in total. The van der Waals surface area contributed by atoms with E-state index in [1.165, 1.54) is 23.5 Å². The van der Waals surface area contributed by atoms with Crippen LogP contribution >= 0.6 is 11.3 Å². The number of benzene rings is 2. The summed E-state index contributed by atoms with van der Waals surface area (Å²) in [6.45, 7) is 0.581. The van der Waals surface area contributed by atoms with E-state index < -0.39 is 5.82 Å². The number of nitrogens with one attached hydrogen (secondary N) is 3. The van der Waals surface area contributed by atoms with Crippen LogP contribution in [0.25, 0.3) is 0 Å². The Morgan fingerprint density at radius 2 is 1.72 bits per heavy atom. The number of hydrogen-bond donors (Lipinski definition) is 3. The van der Waals surface area contributed by atoms with Crippen molar-refractivity contribution in [1.29, 1.82) is 0 Å². The van der Waals surface area contributed by atoms with Crippen LogP contribution in [0.3, 0.4) is 0 Å². The lowest BCUT2D eigenvalue weighted by atomic mass is 10.3. The number of anilines is 1. The molecule has 0 fully saturated rings. The van der Waals surface area contributed by atoms with Crippen molar-refractivity contribution in [2.24, 2.45) is 0 Å². The van der Waals surface area contributed by atoms with E-state index in [0.717, 1.165) is 0 Å². The first-order chi connectivity index (χ1) is 14.1. The summed E-state index contributed by atoms with van der Waals surface area (Å²) >= 11 is 1.25. The van der Waals surface area contributed by atoms with E-state index in [2.05, 4.69) is 20.9 Å². The molecule has 7 nitrogen and oxygen atoms in total. The van der Waals surface area contributed by atoms with Crippen molar-refractivity contribution in [2.45, 2.75) is 6.61 Å². The summed E-state index contributed by atoms with van der Waals surface area (Å²) in [7, 11) is 0. The molecule has 0 unspecified atom stereocenters. The minimum absolute atomic E-state index is 0.0695. The summed E-state index contributed by atoms with van der Waals surface area (Å²) < 4.78 is 18.9. The molecule has 0 aliphatic carbocycles. The van der Waals surface area contributed by atoms with Gasteiger partial charge in [-0.3, -0.25) is 4.79 Å². The van der Waals surface area contributed by atoms with Crippen molar-refractivity contribution in [3.05, 3.63) is 76.5 Å². The number of para-hydroxylation sites is 2. The van der Waals surface area contributed by atoms with Gasteiger partial charge in [0, 0.05) is 24.2 Å². The number of carbonyl (C=O) groups is 2. The molecule has 9 heteroatoms. The van der Waals surface area contributed by atoms with Crippen LogP contribution in [0.2, 0.25) is 0 Å². The van der Waals surface area contributed by atoms with Crippen LogP contribution < -0.4 is 20.7 Å². The molecule has 0 aliphatic rings. The number of aromatic nitrogens is 1. The molecule has 29 heavy (non-hydrogen) atoms. The number of urea groups is 1. The fourth-order valence-corrected chi connectivity index (χ4v) is 3.01. The quantitative estimate of drug-likeness (QED) is 0.493. The Bertz CT molecular complexity index is 965. The number of hydrogen-bond acceptors (Lipinski definition) is 5. The molecule has 0 spiro atoms. The lowest BCUT2D eigenvalue weighted by Crippen LogP contribution is -2.36. The fourth-order valence-electron chi connectivity index (χ4n) is 2.32. The summed E-state index contributed by atoms with van der Waals surface area (Å²) in [4.78, 5) is 28.1. The van der Waals surface area contributed by atoms with Crippen molar-refractivity contribution in [2.75, 3.05) is 18.4 Å². The predicted molar refractivity (Wildman–Crippen MR) is 109 cm³/mol. The van der Waals surface area contributed by atoms with Crippen molar-refractivity contribution in [3.63, 3.8) is 0 Å². The molecule has 2 aromatic carbocycles. The topological polar surface area (TPSA) is 92.4 Å². The Morgan fingerprint density at radius 3 is 2.52 bits per heavy atom. The van der Waals surface area contributed by atoms with Gasteiger partial charge in [0.15, 0.2) is 11.6 Å². The van der Waals surface area contributed by atoms with Crippen molar-refractivity contribution >= 4 is 29.0 Å². The second-order valence-corrected chi connectivity index (χ2v) is 6.79. The number of ether oxygens (including phenoxy) is 1. The molecule has 0 saturated heterocycles. The van der Waals surface area contributed by atoms with Crippen molar-refractivity contribution in [1.82, 2.24) is 15.6 Å². The Kier molecular flexibility index (Phi) is 7.12. The number of thiazole rings is 1. The number of carbonyl (C=O) groups excluding carboxylic acids is 2. The average molecular weight is 414 g/mol. The third kappa shape index (κ3) is 6.28. The van der Waals surface area contributed by atoms with Crippen LogP contribution in [0.5, 0.6) is 5.75 Å². The highest BCUT2D eigenvalue weighted by Gasteiger charge is 2.11. The Hall–Kier alpha value is -3.46. The van der Waals surface area contributed by atoms with Crippen LogP contribution in [-0.4, -0.2) is 30.0 Å². The fraction of sp³-hybridized carbons (Fsp3) is 0.150. The molecule has 1 heterocycles. The van der Waals surface area contributed by atoms with Gasteiger partial charge in [0.1, 0.15) is 17.3 Å². The Morgan fingerprint density at radius 1 is 1.00 bits per heavy atom. The van der Waals surface area contributed by atoms with Crippen LogP contribution in [0.15, 0.2) is 60.0 Å². The summed E-state index contributed by atoms with van der Waals surface area (Å²) in [5.74, 6) is -0.678. The normalized spacial score (nSPS) is 10.2. The molecule has 0 bridgehead atoms. The summed E-state index contributed by atoms with van der Waals surface area (Å²) in [5.41, 5.74) is 0.928. The maximum absolute atomic E-state index is 13.5. The zero-order valence-corrected chi connectivity index (χ0v) is 16.2. The molecule has 0 radical (unpaired) electrons. The molecule has 150 valence electrons. The maximum atomic E-state index is 13.5. The summed E-state index contributed by atoms with van der Waals surface area (Å²) in [6, 6.07) is 14.8. The first-order valence-electron chi connectivity index (χ1n) is 8.81. The lowest BCUT2D eigenvalue weighted by molar-refractivity contribution is 0.0949. The van der Waals surface area contributed by atoms with E-state index in [4.69, 9.17) is 4.74 Å². The zero-order valence-electron chi connectivity index (χ0n) is 15.4. The average Bonchev–Trinajstić information content (AvgIpc) is 3.20. The van der Waals surface area contributed by atoms with Crippen LogP contribution in [0, 0.1) is 5.82 Å². The van der Waals surface area contributed by atoms with Gasteiger partial charge >= 0.3 is 6.03 Å². The van der Waals surface area contributed by atoms with E-state index in [9.17, 15) is 14.0 Å². The lowest BCUT2D eigenvalue weighted by Gasteiger charge is -2.08. The molecule has 0 aliphatic heterocycles. The molecule has 1 aromatic heterocycles. The number of nitrogens with zero attached hydrogens (tertiary/aromatic N) is 1. The minimum atomic E-state index is -0.453. The molecular formula is C20H19FN4O3S. The van der Waals surface area contributed by atoms with Crippen molar-refractivity contribution in [3.8, 4) is 5.75 Å². The predicted octanol–water partition coefficient (Wildman–Crippen LogP) is 3.41. The maximum Gasteiger partial charge on any atom is 0.319 e. The smallest absolute Gasteiger partial charge is 0.319 e. The third-order valence-electron chi connectivity index (χ3n) is 3.70. The minimum Gasteiger partial charge on any atom is -0.483 e. The van der Waals surface area contributed by atoms with E-state index in [1.54, 1.807) is 29.6 Å². The highest BCUT2D eigenvalue weighted by molar-refractivity contribution is 7.09. The van der Waals surface area contributed by atoms with Gasteiger partial charge in [-0.15, -0.1) is 11.3 Å². The van der Waals surface area contributed by atoms with Crippen LogP contribution in [0.1, 0.15) is 15.5 Å². The third-order valence-corrected chi connectivity index (χ3v) is 4.52. The van der Waals surface area contributed by atoms with Crippen LogP contribution in [-0.2, 0) is 6.61 Å². The van der Waals surface area contributed by atoms with E-state index in [-0.39, 0.29) is 43.1 Å². The summed E-state index contributed by atoms with van der Waals surface area (Å²) in [5, 5.41) is 10.2. The van der Waals surface area contributed by atoms with Gasteiger partial charge in [0.25, 0.3) is 5.91 Å². The van der Waals surface area contributed by atoms with Gasteiger partial charge in [0.2, 0.25) is 0 Å². The Labute approximate surface area is 170 Å². The highest BCUT2D eigenvalue weighted by atomic mass is 32.1. The molecule has 3 rings (SSSR count). The van der Waals surface area contributed by atoms with Gasteiger partial charge in [-0.05, 0) is 24.3 Å². The molecule has 3 aromatic rings. The second-order valence-electron chi connectivity index (χ2n) is 5.85.